The van der Waals surface area contributed by atoms with Gasteiger partial charge in [-0.25, -0.2) is 4.98 Å². The summed E-state index contributed by atoms with van der Waals surface area (Å²) in [5, 5.41) is 6.19. The van der Waals surface area contributed by atoms with Crippen LogP contribution in [0.2, 0.25) is 10.0 Å². The molecule has 17 heavy (non-hydrogen) atoms. The minimum atomic E-state index is 0.535. The van der Waals surface area contributed by atoms with Crippen LogP contribution in [0.3, 0.4) is 0 Å². The number of pyridine rings is 1. The molecule has 1 N–H and O–H groups in total. The first-order chi connectivity index (χ1) is 8.13. The Hall–Kier alpha value is -0.290. The summed E-state index contributed by atoms with van der Waals surface area (Å²) in [6, 6.07) is 3.69. The van der Waals surface area contributed by atoms with Crippen LogP contribution < -0.4 is 5.32 Å². The predicted molar refractivity (Wildman–Crippen MR) is 79.4 cm³/mol. The summed E-state index contributed by atoms with van der Waals surface area (Å²) < 4.78 is 0.988. The summed E-state index contributed by atoms with van der Waals surface area (Å²) in [5.41, 5.74) is 0.744. The Morgan fingerprint density at radius 2 is 2.18 bits per heavy atom. The van der Waals surface area contributed by atoms with Crippen molar-refractivity contribution >= 4 is 56.3 Å². The summed E-state index contributed by atoms with van der Waals surface area (Å²) in [5.74, 6) is 0.661. The number of hydrogen-bond acceptors (Lipinski definition) is 3. The standard InChI is InChI=1S/C11H9BrCl2N2S/c1-2-15-11-8(14)5-7(13)9(16-11)10-6(12)3-4-17-10/h3-5H,2H2,1H3,(H,15,16). The van der Waals surface area contributed by atoms with E-state index in [9.17, 15) is 0 Å². The zero-order valence-corrected chi connectivity index (χ0v) is 12.8. The van der Waals surface area contributed by atoms with Gasteiger partial charge in [0.15, 0.2) is 0 Å². The van der Waals surface area contributed by atoms with Gasteiger partial charge in [0.25, 0.3) is 0 Å². The van der Waals surface area contributed by atoms with Crippen molar-refractivity contribution in [3.63, 3.8) is 0 Å². The molecule has 0 aromatic carbocycles. The molecule has 0 spiro atoms. The molecule has 2 nitrogen and oxygen atoms in total. The van der Waals surface area contributed by atoms with Crippen LogP contribution >= 0.6 is 50.5 Å². The number of anilines is 1. The molecule has 0 aliphatic rings. The van der Waals surface area contributed by atoms with Gasteiger partial charge < -0.3 is 5.32 Å². The number of thiophene rings is 1. The quantitative estimate of drug-likeness (QED) is 0.810. The van der Waals surface area contributed by atoms with E-state index < -0.39 is 0 Å². The largest absolute Gasteiger partial charge is 0.369 e. The molecular weight excluding hydrogens is 343 g/mol. The van der Waals surface area contributed by atoms with E-state index in [1.807, 2.05) is 18.4 Å². The molecule has 0 amide bonds. The minimum Gasteiger partial charge on any atom is -0.369 e. The first-order valence-corrected chi connectivity index (χ1v) is 7.39. The molecular formula is C11H9BrCl2N2S. The van der Waals surface area contributed by atoms with Crippen molar-refractivity contribution in [3.05, 3.63) is 32.0 Å². The van der Waals surface area contributed by atoms with Gasteiger partial charge in [-0.2, -0.15) is 0 Å². The maximum absolute atomic E-state index is 6.18. The molecule has 0 unspecified atom stereocenters. The van der Waals surface area contributed by atoms with Gasteiger partial charge in [0.1, 0.15) is 11.5 Å². The maximum atomic E-state index is 6.18. The lowest BCUT2D eigenvalue weighted by molar-refractivity contribution is 1.16. The predicted octanol–water partition coefficient (Wildman–Crippen LogP) is 5.31. The van der Waals surface area contributed by atoms with E-state index in [0.29, 0.717) is 15.9 Å². The molecule has 0 fully saturated rings. The molecule has 2 rings (SSSR count). The highest BCUT2D eigenvalue weighted by molar-refractivity contribution is 9.10. The van der Waals surface area contributed by atoms with E-state index in [0.717, 1.165) is 21.6 Å². The van der Waals surface area contributed by atoms with Gasteiger partial charge in [-0.15, -0.1) is 11.3 Å². The zero-order chi connectivity index (χ0) is 12.4. The molecule has 2 aromatic heterocycles. The van der Waals surface area contributed by atoms with Gasteiger partial charge in [-0.3, -0.25) is 0 Å². The lowest BCUT2D eigenvalue weighted by Crippen LogP contribution is -2.01. The van der Waals surface area contributed by atoms with Crippen LogP contribution in [0.5, 0.6) is 0 Å². The van der Waals surface area contributed by atoms with Gasteiger partial charge in [0.05, 0.1) is 14.9 Å². The molecule has 90 valence electrons. The molecule has 2 heterocycles. The van der Waals surface area contributed by atoms with Crippen LogP contribution in [-0.4, -0.2) is 11.5 Å². The fourth-order valence-corrected chi connectivity index (χ4v) is 3.52. The Kier molecular flexibility index (Phi) is 4.31. The lowest BCUT2D eigenvalue weighted by atomic mass is 10.3. The van der Waals surface area contributed by atoms with Gasteiger partial charge in [0, 0.05) is 11.0 Å². The van der Waals surface area contributed by atoms with Crippen LogP contribution in [-0.2, 0) is 0 Å². The highest BCUT2D eigenvalue weighted by Gasteiger charge is 2.14. The normalized spacial score (nSPS) is 10.6. The SMILES string of the molecule is CCNc1nc(-c2sccc2Br)c(Cl)cc1Cl. The molecule has 6 heteroatoms. The van der Waals surface area contributed by atoms with Crippen LogP contribution in [0.15, 0.2) is 22.0 Å². The molecule has 0 saturated carbocycles. The summed E-state index contributed by atoms with van der Waals surface area (Å²) in [6.07, 6.45) is 0. The third-order valence-corrected chi connectivity index (χ3v) is 4.53. The summed E-state index contributed by atoms with van der Waals surface area (Å²) >= 11 is 17.3. The third-order valence-electron chi connectivity index (χ3n) is 2.11. The fraction of sp³-hybridized carbons (Fsp3) is 0.182. The number of nitrogens with one attached hydrogen (secondary N) is 1. The average Bonchev–Trinajstić information content (AvgIpc) is 2.69. The summed E-state index contributed by atoms with van der Waals surface area (Å²) in [6.45, 7) is 2.76. The van der Waals surface area contributed by atoms with Crippen LogP contribution in [0.25, 0.3) is 10.6 Å². The number of hydrogen-bond donors (Lipinski definition) is 1. The van der Waals surface area contributed by atoms with E-state index in [2.05, 4.69) is 26.2 Å². The molecule has 0 bridgehead atoms. The first kappa shape index (κ1) is 13.1. The Labute approximate surface area is 122 Å². The smallest absolute Gasteiger partial charge is 0.145 e. The fourth-order valence-electron chi connectivity index (χ4n) is 1.38. The molecule has 0 radical (unpaired) electrons. The van der Waals surface area contributed by atoms with Crippen molar-refractivity contribution in [2.75, 3.05) is 11.9 Å². The lowest BCUT2D eigenvalue weighted by Gasteiger charge is -2.09. The Morgan fingerprint density at radius 3 is 2.76 bits per heavy atom. The Bertz CT molecular complexity index is 542. The second-order valence-electron chi connectivity index (χ2n) is 3.28. The van der Waals surface area contributed by atoms with Crippen molar-refractivity contribution in [2.45, 2.75) is 6.92 Å². The van der Waals surface area contributed by atoms with Crippen LogP contribution in [0.1, 0.15) is 6.92 Å². The van der Waals surface area contributed by atoms with E-state index >= 15 is 0 Å². The average molecular weight is 352 g/mol. The van der Waals surface area contributed by atoms with Gasteiger partial charge >= 0.3 is 0 Å². The van der Waals surface area contributed by atoms with E-state index in [1.54, 1.807) is 17.4 Å². The first-order valence-electron chi connectivity index (χ1n) is 4.96. The highest BCUT2D eigenvalue weighted by Crippen LogP contribution is 2.38. The van der Waals surface area contributed by atoms with Crippen molar-refractivity contribution in [1.29, 1.82) is 0 Å². The van der Waals surface area contributed by atoms with Crippen molar-refractivity contribution in [1.82, 2.24) is 4.98 Å². The number of nitrogens with zero attached hydrogens (tertiary/aromatic N) is 1. The van der Waals surface area contributed by atoms with Crippen molar-refractivity contribution in [3.8, 4) is 10.6 Å². The number of rotatable bonds is 3. The van der Waals surface area contributed by atoms with Crippen LogP contribution in [0, 0.1) is 0 Å². The Balaban J connectivity index is 2.54. The van der Waals surface area contributed by atoms with E-state index in [-0.39, 0.29) is 0 Å². The molecule has 2 aromatic rings. The highest BCUT2D eigenvalue weighted by atomic mass is 79.9. The molecule has 0 aliphatic carbocycles. The van der Waals surface area contributed by atoms with Crippen molar-refractivity contribution < 1.29 is 0 Å². The van der Waals surface area contributed by atoms with E-state index in [4.69, 9.17) is 23.2 Å². The molecule has 0 atom stereocenters. The van der Waals surface area contributed by atoms with Gasteiger partial charge in [-0.05, 0) is 40.4 Å². The monoisotopic (exact) mass is 350 g/mol. The van der Waals surface area contributed by atoms with Gasteiger partial charge in [0.2, 0.25) is 0 Å². The maximum Gasteiger partial charge on any atom is 0.145 e. The number of aromatic nitrogens is 1. The molecule has 0 aliphatic heterocycles. The van der Waals surface area contributed by atoms with Gasteiger partial charge in [-0.1, -0.05) is 23.2 Å². The second kappa shape index (κ2) is 5.57. The zero-order valence-electron chi connectivity index (χ0n) is 8.93. The van der Waals surface area contributed by atoms with Crippen molar-refractivity contribution in [2.24, 2.45) is 0 Å². The third kappa shape index (κ3) is 2.76. The second-order valence-corrected chi connectivity index (χ2v) is 5.86. The Morgan fingerprint density at radius 1 is 1.41 bits per heavy atom. The topological polar surface area (TPSA) is 24.9 Å². The van der Waals surface area contributed by atoms with E-state index in [1.165, 1.54) is 0 Å². The minimum absolute atomic E-state index is 0.535. The number of halogens is 3. The summed E-state index contributed by atoms with van der Waals surface area (Å²) in [4.78, 5) is 5.48. The molecule has 0 saturated heterocycles. The summed E-state index contributed by atoms with van der Waals surface area (Å²) in [7, 11) is 0. The van der Waals surface area contributed by atoms with Crippen LogP contribution in [0.4, 0.5) is 5.82 Å².